The number of ketones is 1. The molecule has 84 valence electrons. The lowest BCUT2D eigenvalue weighted by molar-refractivity contribution is -0.146. The summed E-state index contributed by atoms with van der Waals surface area (Å²) in [5, 5.41) is 18.3. The smallest absolute Gasteiger partial charge is 0.376 e. The zero-order chi connectivity index (χ0) is 12.3. The summed E-state index contributed by atoms with van der Waals surface area (Å²) in [5.41, 5.74) is 0.291. The van der Waals surface area contributed by atoms with Crippen LogP contribution in [0.15, 0.2) is 28.7 Å². The maximum atomic E-state index is 10.8. The van der Waals surface area contributed by atoms with Crippen molar-refractivity contribution in [1.82, 2.24) is 0 Å². The predicted octanol–water partition coefficient (Wildman–Crippen LogP) is 2.66. The van der Waals surface area contributed by atoms with E-state index in [1.807, 2.05) is 0 Å². The molecule has 2 N–H and O–H groups in total. The van der Waals surface area contributed by atoms with E-state index in [9.17, 15) is 14.7 Å². The Morgan fingerprint density at radius 2 is 1.94 bits per heavy atom. The highest BCUT2D eigenvalue weighted by Gasteiger charge is 2.12. The lowest BCUT2D eigenvalue weighted by atomic mass is 10.1. The van der Waals surface area contributed by atoms with Gasteiger partial charge in [0.2, 0.25) is 0 Å². The molecule has 0 spiro atoms. The van der Waals surface area contributed by atoms with Gasteiger partial charge in [-0.05, 0) is 34.1 Å². The Kier molecular flexibility index (Phi) is 4.09. The maximum absolute atomic E-state index is 10.8. The van der Waals surface area contributed by atoms with Crippen LogP contribution in [0.5, 0.6) is 0 Å². The Labute approximate surface area is 104 Å². The molecule has 1 rings (SSSR count). The minimum absolute atomic E-state index is 0.291. The minimum atomic E-state index is -1.63. The highest BCUT2D eigenvalue weighted by Crippen LogP contribution is 2.26. The second-order valence-electron chi connectivity index (χ2n) is 2.82. The first-order valence-corrected chi connectivity index (χ1v) is 5.22. The van der Waals surface area contributed by atoms with E-state index in [-0.39, 0.29) is 0 Å². The van der Waals surface area contributed by atoms with Gasteiger partial charge in [-0.25, -0.2) is 4.79 Å². The number of benzene rings is 1. The average molecular weight is 306 g/mol. The molecule has 16 heavy (non-hydrogen) atoms. The van der Waals surface area contributed by atoms with Crippen molar-refractivity contribution in [3.05, 3.63) is 39.3 Å². The molecular formula is C10H6BrClO4. The number of carboxylic acids is 1. The molecule has 1 aromatic rings. The second-order valence-corrected chi connectivity index (χ2v) is 4.11. The van der Waals surface area contributed by atoms with Gasteiger partial charge in [0.25, 0.3) is 5.78 Å². The van der Waals surface area contributed by atoms with Crippen LogP contribution in [0.25, 0.3) is 5.76 Å². The molecule has 0 saturated carbocycles. The molecule has 0 unspecified atom stereocenters. The van der Waals surface area contributed by atoms with Gasteiger partial charge in [0.05, 0.1) is 0 Å². The molecule has 0 aromatic heterocycles. The molecule has 6 heteroatoms. The number of hydrogen-bond donors (Lipinski definition) is 2. The second kappa shape index (κ2) is 5.14. The van der Waals surface area contributed by atoms with E-state index in [4.69, 9.17) is 16.7 Å². The van der Waals surface area contributed by atoms with E-state index in [1.165, 1.54) is 18.2 Å². The van der Waals surface area contributed by atoms with Crippen LogP contribution >= 0.6 is 27.5 Å². The highest BCUT2D eigenvalue weighted by molar-refractivity contribution is 9.10. The molecule has 0 heterocycles. The van der Waals surface area contributed by atoms with Gasteiger partial charge in [-0.1, -0.05) is 11.6 Å². The van der Waals surface area contributed by atoms with Crippen molar-refractivity contribution in [2.45, 2.75) is 0 Å². The van der Waals surface area contributed by atoms with Gasteiger partial charge in [0, 0.05) is 21.1 Å². The Hall–Kier alpha value is -1.33. The Morgan fingerprint density at radius 1 is 1.31 bits per heavy atom. The lowest BCUT2D eigenvalue weighted by Crippen LogP contribution is -2.09. The molecule has 0 amide bonds. The van der Waals surface area contributed by atoms with E-state index in [2.05, 4.69) is 15.9 Å². The number of aliphatic hydroxyl groups is 1. The number of carbonyl (C=O) groups excluding carboxylic acids is 1. The van der Waals surface area contributed by atoms with Gasteiger partial charge in [0.1, 0.15) is 5.76 Å². The van der Waals surface area contributed by atoms with Crippen molar-refractivity contribution in [2.75, 3.05) is 0 Å². The summed E-state index contributed by atoms with van der Waals surface area (Å²) >= 11 is 8.82. The van der Waals surface area contributed by atoms with E-state index < -0.39 is 17.5 Å². The molecule has 0 atom stereocenters. The van der Waals surface area contributed by atoms with Gasteiger partial charge in [-0.2, -0.15) is 0 Å². The van der Waals surface area contributed by atoms with Gasteiger partial charge >= 0.3 is 5.97 Å². The van der Waals surface area contributed by atoms with Crippen molar-refractivity contribution in [3.63, 3.8) is 0 Å². The lowest BCUT2D eigenvalue weighted by Gasteiger charge is -2.03. The molecule has 4 nitrogen and oxygen atoms in total. The molecular weight excluding hydrogens is 299 g/mol. The number of hydrogen-bond acceptors (Lipinski definition) is 3. The van der Waals surface area contributed by atoms with Crippen LogP contribution in [0.1, 0.15) is 5.56 Å². The van der Waals surface area contributed by atoms with Crippen molar-refractivity contribution in [1.29, 1.82) is 0 Å². The summed E-state index contributed by atoms with van der Waals surface area (Å²) in [6, 6.07) is 4.50. The summed E-state index contributed by atoms with van der Waals surface area (Å²) in [6.07, 6.45) is 0.635. The molecule has 0 fully saturated rings. The standard InChI is InChI=1S/C10H6BrClO4/c11-7-3-5(12)1-2-6(7)8(13)4-9(14)10(15)16/h1-4,13H,(H,15,16). The molecule has 0 aliphatic carbocycles. The Bertz CT molecular complexity index is 482. The number of aliphatic hydroxyl groups excluding tert-OH is 1. The van der Waals surface area contributed by atoms with Crippen LogP contribution in [0.2, 0.25) is 5.02 Å². The quantitative estimate of drug-likeness (QED) is 0.511. The SMILES string of the molecule is O=C(O)C(=O)C=C(O)c1ccc(Cl)cc1Br. The van der Waals surface area contributed by atoms with E-state index in [0.717, 1.165) is 0 Å². The fourth-order valence-corrected chi connectivity index (χ4v) is 1.85. The third-order valence-electron chi connectivity index (χ3n) is 1.69. The number of carbonyl (C=O) groups is 2. The molecule has 1 aromatic carbocycles. The average Bonchev–Trinajstić information content (AvgIpc) is 2.16. The molecule has 0 aliphatic heterocycles. The van der Waals surface area contributed by atoms with Gasteiger partial charge in [-0.3, -0.25) is 4.79 Å². The number of carboxylic acid groups (broad SMARTS) is 1. The van der Waals surface area contributed by atoms with Crippen molar-refractivity contribution in [3.8, 4) is 0 Å². The zero-order valence-electron chi connectivity index (χ0n) is 7.78. The largest absolute Gasteiger partial charge is 0.507 e. The zero-order valence-corrected chi connectivity index (χ0v) is 10.1. The molecule has 0 aliphatic rings. The fraction of sp³-hybridized carbons (Fsp3) is 0. The summed E-state index contributed by atoms with van der Waals surface area (Å²) < 4.78 is 0.465. The Morgan fingerprint density at radius 3 is 2.44 bits per heavy atom. The predicted molar refractivity (Wildman–Crippen MR) is 62.4 cm³/mol. The van der Waals surface area contributed by atoms with Gasteiger partial charge < -0.3 is 10.2 Å². The molecule has 0 bridgehead atoms. The minimum Gasteiger partial charge on any atom is -0.507 e. The number of rotatable bonds is 3. The summed E-state index contributed by atoms with van der Waals surface area (Å²) in [6.45, 7) is 0. The van der Waals surface area contributed by atoms with E-state index >= 15 is 0 Å². The van der Waals surface area contributed by atoms with Crippen LogP contribution in [-0.2, 0) is 9.59 Å². The first-order chi connectivity index (χ1) is 7.41. The molecule has 0 saturated heterocycles. The van der Waals surface area contributed by atoms with Crippen LogP contribution < -0.4 is 0 Å². The maximum Gasteiger partial charge on any atom is 0.376 e. The molecule has 0 radical (unpaired) electrons. The normalized spacial score (nSPS) is 11.2. The first kappa shape index (κ1) is 12.7. The van der Waals surface area contributed by atoms with Crippen molar-refractivity contribution < 1.29 is 19.8 Å². The van der Waals surface area contributed by atoms with E-state index in [1.54, 1.807) is 0 Å². The van der Waals surface area contributed by atoms with E-state index in [0.29, 0.717) is 21.1 Å². The Balaban J connectivity index is 3.10. The summed E-state index contributed by atoms with van der Waals surface area (Å²) in [4.78, 5) is 21.1. The fourth-order valence-electron chi connectivity index (χ4n) is 0.961. The van der Waals surface area contributed by atoms with Crippen LogP contribution in [0.3, 0.4) is 0 Å². The van der Waals surface area contributed by atoms with Gasteiger partial charge in [0.15, 0.2) is 0 Å². The van der Waals surface area contributed by atoms with Crippen molar-refractivity contribution in [2.24, 2.45) is 0 Å². The van der Waals surface area contributed by atoms with Gasteiger partial charge in [-0.15, -0.1) is 0 Å². The van der Waals surface area contributed by atoms with Crippen molar-refractivity contribution >= 4 is 45.0 Å². The summed E-state index contributed by atoms with van der Waals surface area (Å²) in [7, 11) is 0. The third-order valence-corrected chi connectivity index (χ3v) is 2.58. The topological polar surface area (TPSA) is 74.6 Å². The number of aliphatic carboxylic acids is 1. The summed E-state index contributed by atoms with van der Waals surface area (Å²) in [5.74, 6) is -3.26. The van der Waals surface area contributed by atoms with Crippen LogP contribution in [0, 0.1) is 0 Å². The monoisotopic (exact) mass is 304 g/mol. The van der Waals surface area contributed by atoms with Crippen LogP contribution in [0.4, 0.5) is 0 Å². The number of halogens is 2. The van der Waals surface area contributed by atoms with Crippen LogP contribution in [-0.4, -0.2) is 22.0 Å². The third kappa shape index (κ3) is 3.08. The first-order valence-electron chi connectivity index (χ1n) is 4.05. The highest BCUT2D eigenvalue weighted by atomic mass is 79.9.